The van der Waals surface area contributed by atoms with E-state index in [2.05, 4.69) is 27.7 Å². The minimum absolute atomic E-state index is 0.0135. The van der Waals surface area contributed by atoms with Crippen molar-refractivity contribution in [3.8, 4) is 0 Å². The van der Waals surface area contributed by atoms with E-state index in [1.807, 2.05) is 0 Å². The Morgan fingerprint density at radius 3 is 1.50 bits per heavy atom. The van der Waals surface area contributed by atoms with Crippen molar-refractivity contribution in [1.82, 2.24) is 0 Å². The molecule has 0 heterocycles. The molecule has 122 valence electrons. The third-order valence-electron chi connectivity index (χ3n) is 4.19. The molecule has 3 heteroatoms. The summed E-state index contributed by atoms with van der Waals surface area (Å²) in [5.74, 6) is 0. The first-order valence-electron chi connectivity index (χ1n) is 8.84. The minimum atomic E-state index is -1.93. The van der Waals surface area contributed by atoms with Crippen molar-refractivity contribution < 1.29 is 9.09 Å². The summed E-state index contributed by atoms with van der Waals surface area (Å²) in [4.78, 5) is 0. The summed E-state index contributed by atoms with van der Waals surface area (Å²) in [5, 5.41) is -0.0135. The predicted molar refractivity (Wildman–Crippen MR) is 91.2 cm³/mol. The van der Waals surface area contributed by atoms with Crippen LogP contribution in [0.1, 0.15) is 98.3 Å². The van der Waals surface area contributed by atoms with Gasteiger partial charge in [0, 0.05) is 5.16 Å². The molecule has 0 bridgehead atoms. The zero-order valence-electron chi connectivity index (χ0n) is 14.3. The Kier molecular flexibility index (Phi) is 13.0. The molecule has 0 amide bonds. The molecule has 1 unspecified atom stereocenters. The van der Waals surface area contributed by atoms with Crippen LogP contribution in [-0.4, -0.2) is 11.8 Å². The predicted octanol–water partition coefficient (Wildman–Crippen LogP) is 6.59. The van der Waals surface area contributed by atoms with Gasteiger partial charge in [0.2, 0.25) is 0 Å². The highest BCUT2D eigenvalue weighted by molar-refractivity contribution is 7.41. The number of unbranched alkanes of at least 4 members (excludes halogenated alkanes) is 4. The van der Waals surface area contributed by atoms with Gasteiger partial charge in [-0.05, 0) is 25.7 Å². The van der Waals surface area contributed by atoms with Crippen LogP contribution in [0, 0.1) is 0 Å². The SMILES string of the molecule is CCCCO[PH](=O)C(CCCC)(CCCC)CCCC. The third kappa shape index (κ3) is 7.84. The summed E-state index contributed by atoms with van der Waals surface area (Å²) >= 11 is 0. The Morgan fingerprint density at radius 2 is 1.15 bits per heavy atom. The van der Waals surface area contributed by atoms with Gasteiger partial charge in [0.25, 0.3) is 0 Å². The van der Waals surface area contributed by atoms with E-state index in [-0.39, 0.29) is 5.16 Å². The van der Waals surface area contributed by atoms with Crippen LogP contribution in [0.2, 0.25) is 0 Å². The molecule has 2 nitrogen and oxygen atoms in total. The van der Waals surface area contributed by atoms with Crippen LogP contribution in [-0.2, 0) is 9.09 Å². The van der Waals surface area contributed by atoms with Crippen molar-refractivity contribution in [2.45, 2.75) is 103 Å². The van der Waals surface area contributed by atoms with Gasteiger partial charge in [-0.3, -0.25) is 4.57 Å². The highest BCUT2D eigenvalue weighted by Gasteiger charge is 2.35. The van der Waals surface area contributed by atoms with E-state index in [1.165, 1.54) is 38.5 Å². The van der Waals surface area contributed by atoms with Crippen LogP contribution >= 0.6 is 8.03 Å². The maximum Gasteiger partial charge on any atom is 0.197 e. The van der Waals surface area contributed by atoms with Crippen LogP contribution in [0.3, 0.4) is 0 Å². The van der Waals surface area contributed by atoms with E-state index in [4.69, 9.17) is 4.52 Å². The Labute approximate surface area is 127 Å². The van der Waals surface area contributed by atoms with Crippen molar-refractivity contribution in [1.29, 1.82) is 0 Å². The van der Waals surface area contributed by atoms with Crippen LogP contribution in [0.25, 0.3) is 0 Å². The van der Waals surface area contributed by atoms with Gasteiger partial charge in [0.15, 0.2) is 8.03 Å². The van der Waals surface area contributed by atoms with Gasteiger partial charge in [-0.25, -0.2) is 0 Å². The van der Waals surface area contributed by atoms with Crippen LogP contribution < -0.4 is 0 Å². The highest BCUT2D eigenvalue weighted by atomic mass is 31.1. The summed E-state index contributed by atoms with van der Waals surface area (Å²) in [6.45, 7) is 9.50. The second-order valence-electron chi connectivity index (χ2n) is 6.08. The highest BCUT2D eigenvalue weighted by Crippen LogP contribution is 2.50. The molecule has 0 fully saturated rings. The first-order valence-corrected chi connectivity index (χ1v) is 10.2. The quantitative estimate of drug-likeness (QED) is 0.267. The Balaban J connectivity index is 4.76. The summed E-state index contributed by atoms with van der Waals surface area (Å²) in [5.41, 5.74) is 0. The first-order chi connectivity index (χ1) is 9.66. The zero-order chi connectivity index (χ0) is 15.3. The molecular formula is C17H37O2P. The van der Waals surface area contributed by atoms with Crippen molar-refractivity contribution in [3.05, 3.63) is 0 Å². The van der Waals surface area contributed by atoms with E-state index in [9.17, 15) is 4.57 Å². The molecule has 0 aromatic carbocycles. The van der Waals surface area contributed by atoms with Gasteiger partial charge in [-0.15, -0.1) is 0 Å². The standard InChI is InChI=1S/C17H37O2P/c1-5-9-13-17(14-10-6-2,15-11-7-3)20(18)19-16-12-8-4/h20H,5-16H2,1-4H3. The van der Waals surface area contributed by atoms with Gasteiger partial charge in [-0.2, -0.15) is 0 Å². The van der Waals surface area contributed by atoms with Crippen molar-refractivity contribution in [2.75, 3.05) is 6.61 Å². The molecule has 0 saturated carbocycles. The molecule has 0 spiro atoms. The van der Waals surface area contributed by atoms with Gasteiger partial charge in [0.1, 0.15) is 0 Å². The minimum Gasteiger partial charge on any atom is -0.330 e. The van der Waals surface area contributed by atoms with E-state index in [0.29, 0.717) is 6.61 Å². The molecule has 0 aromatic heterocycles. The molecule has 0 aliphatic rings. The molecule has 0 rings (SSSR count). The average Bonchev–Trinajstić information content (AvgIpc) is 2.47. The lowest BCUT2D eigenvalue weighted by molar-refractivity contribution is 0.282. The second-order valence-corrected chi connectivity index (χ2v) is 8.00. The molecule has 0 aliphatic carbocycles. The van der Waals surface area contributed by atoms with Gasteiger partial charge in [0.05, 0.1) is 6.61 Å². The lowest BCUT2D eigenvalue weighted by Crippen LogP contribution is -2.25. The zero-order valence-corrected chi connectivity index (χ0v) is 15.3. The number of rotatable bonds is 14. The largest absolute Gasteiger partial charge is 0.330 e. The monoisotopic (exact) mass is 304 g/mol. The average molecular weight is 304 g/mol. The number of hydrogen-bond acceptors (Lipinski definition) is 2. The van der Waals surface area contributed by atoms with Gasteiger partial charge >= 0.3 is 0 Å². The molecule has 0 aliphatic heterocycles. The summed E-state index contributed by atoms with van der Waals surface area (Å²) in [7, 11) is -1.93. The Morgan fingerprint density at radius 1 is 0.750 bits per heavy atom. The fourth-order valence-corrected chi connectivity index (χ4v) is 4.47. The smallest absolute Gasteiger partial charge is 0.197 e. The van der Waals surface area contributed by atoms with Crippen molar-refractivity contribution >= 4 is 8.03 Å². The fraction of sp³-hybridized carbons (Fsp3) is 1.00. The van der Waals surface area contributed by atoms with Crippen molar-refractivity contribution in [2.24, 2.45) is 0 Å². The summed E-state index contributed by atoms with van der Waals surface area (Å²) in [6, 6.07) is 0. The molecule has 0 saturated heterocycles. The van der Waals surface area contributed by atoms with E-state index in [0.717, 1.165) is 32.1 Å². The van der Waals surface area contributed by atoms with Crippen LogP contribution in [0.5, 0.6) is 0 Å². The molecule has 0 aromatic rings. The third-order valence-corrected chi connectivity index (χ3v) is 6.27. The van der Waals surface area contributed by atoms with Gasteiger partial charge in [-0.1, -0.05) is 72.6 Å². The van der Waals surface area contributed by atoms with Crippen LogP contribution in [0.4, 0.5) is 0 Å². The van der Waals surface area contributed by atoms with E-state index < -0.39 is 8.03 Å². The summed E-state index contributed by atoms with van der Waals surface area (Å²) < 4.78 is 18.6. The van der Waals surface area contributed by atoms with Gasteiger partial charge < -0.3 is 4.52 Å². The lowest BCUT2D eigenvalue weighted by atomic mass is 9.90. The molecule has 1 atom stereocenters. The fourth-order valence-electron chi connectivity index (χ4n) is 2.69. The second kappa shape index (κ2) is 12.9. The molecular weight excluding hydrogens is 267 g/mol. The molecule has 0 N–H and O–H groups in total. The van der Waals surface area contributed by atoms with E-state index in [1.54, 1.807) is 0 Å². The Bertz CT molecular complexity index is 219. The maximum absolute atomic E-state index is 12.8. The number of hydrogen-bond donors (Lipinski definition) is 0. The molecule has 0 radical (unpaired) electrons. The van der Waals surface area contributed by atoms with Crippen LogP contribution in [0.15, 0.2) is 0 Å². The molecule has 20 heavy (non-hydrogen) atoms. The normalized spacial score (nSPS) is 13.6. The summed E-state index contributed by atoms with van der Waals surface area (Å²) in [6.07, 6.45) is 12.5. The Hall–Kier alpha value is 0.190. The maximum atomic E-state index is 12.8. The first kappa shape index (κ1) is 20.2. The van der Waals surface area contributed by atoms with E-state index >= 15 is 0 Å². The lowest BCUT2D eigenvalue weighted by Gasteiger charge is -2.33. The topological polar surface area (TPSA) is 26.3 Å². The van der Waals surface area contributed by atoms with Crippen molar-refractivity contribution in [3.63, 3.8) is 0 Å².